The summed E-state index contributed by atoms with van der Waals surface area (Å²) >= 11 is 0. The molecule has 2 aliphatic rings. The zero-order valence-corrected chi connectivity index (χ0v) is 15.7. The van der Waals surface area contributed by atoms with Crippen LogP contribution in [0.25, 0.3) is 0 Å². The van der Waals surface area contributed by atoms with Crippen LogP contribution in [0.15, 0.2) is 42.5 Å². The second kappa shape index (κ2) is 7.54. The van der Waals surface area contributed by atoms with Crippen molar-refractivity contribution in [3.63, 3.8) is 0 Å². The maximum atomic E-state index is 14.8. The number of ketones is 1. The molecule has 2 aliphatic heterocycles. The fourth-order valence-electron chi connectivity index (χ4n) is 3.95. The minimum atomic E-state index is -3.08. The number of amides is 1. The Balaban J connectivity index is 1.43. The molecular formula is C22H20F3NO3. The molecule has 0 spiro atoms. The van der Waals surface area contributed by atoms with Gasteiger partial charge in [-0.1, -0.05) is 12.1 Å². The molecule has 1 amide bonds. The van der Waals surface area contributed by atoms with Gasteiger partial charge in [0, 0.05) is 42.1 Å². The molecule has 0 aromatic heterocycles. The summed E-state index contributed by atoms with van der Waals surface area (Å²) in [5.74, 6) is -4.24. The number of nitrogens with zero attached hydrogens (tertiary/aromatic N) is 1. The summed E-state index contributed by atoms with van der Waals surface area (Å²) in [5, 5.41) is 0. The Labute approximate surface area is 166 Å². The average Bonchev–Trinajstić information content (AvgIpc) is 2.73. The first-order valence-electron chi connectivity index (χ1n) is 9.55. The van der Waals surface area contributed by atoms with Crippen molar-refractivity contribution in [2.24, 2.45) is 5.92 Å². The number of fused-ring (bicyclic) bond motifs is 1. The Morgan fingerprint density at radius 3 is 2.45 bits per heavy atom. The van der Waals surface area contributed by atoms with Crippen LogP contribution in [-0.2, 0) is 17.1 Å². The Morgan fingerprint density at radius 2 is 1.76 bits per heavy atom. The van der Waals surface area contributed by atoms with E-state index in [9.17, 15) is 22.8 Å². The van der Waals surface area contributed by atoms with Crippen LogP contribution in [0, 0.1) is 11.7 Å². The van der Waals surface area contributed by atoms with Crippen molar-refractivity contribution in [1.82, 2.24) is 4.90 Å². The summed E-state index contributed by atoms with van der Waals surface area (Å²) < 4.78 is 47.9. The van der Waals surface area contributed by atoms with Crippen LogP contribution in [0.3, 0.4) is 0 Å². The number of benzene rings is 2. The van der Waals surface area contributed by atoms with Crippen LogP contribution in [-0.4, -0.2) is 36.3 Å². The van der Waals surface area contributed by atoms with E-state index in [-0.39, 0.29) is 56.2 Å². The van der Waals surface area contributed by atoms with Gasteiger partial charge in [-0.2, -0.15) is 0 Å². The van der Waals surface area contributed by atoms with Crippen molar-refractivity contribution in [2.75, 3.05) is 19.7 Å². The van der Waals surface area contributed by atoms with Gasteiger partial charge >= 0.3 is 0 Å². The molecule has 4 nitrogen and oxygen atoms in total. The molecule has 152 valence electrons. The molecule has 0 radical (unpaired) electrons. The summed E-state index contributed by atoms with van der Waals surface area (Å²) in [4.78, 5) is 25.9. The highest BCUT2D eigenvalue weighted by Crippen LogP contribution is 2.41. The van der Waals surface area contributed by atoms with E-state index >= 15 is 0 Å². The Bertz CT molecular complexity index is 935. The van der Waals surface area contributed by atoms with E-state index in [1.54, 1.807) is 23.1 Å². The lowest BCUT2D eigenvalue weighted by Gasteiger charge is -2.36. The SMILES string of the molecule is O=C1COc2ccc(C(=O)N3CCC(C(F)(F)c4ccc(F)cc4)CC3)cc2C1. The van der Waals surface area contributed by atoms with Gasteiger partial charge in [0.15, 0.2) is 5.78 Å². The monoisotopic (exact) mass is 403 g/mol. The second-order valence-corrected chi connectivity index (χ2v) is 7.52. The van der Waals surface area contributed by atoms with Crippen LogP contribution in [0.2, 0.25) is 0 Å². The van der Waals surface area contributed by atoms with E-state index in [2.05, 4.69) is 0 Å². The number of carbonyl (C=O) groups is 2. The molecule has 2 heterocycles. The minimum Gasteiger partial charge on any atom is -0.486 e. The van der Waals surface area contributed by atoms with E-state index in [0.29, 0.717) is 16.9 Å². The number of rotatable bonds is 3. The number of alkyl halides is 2. The normalized spacial score (nSPS) is 17.6. The number of piperidine rings is 1. The molecular weight excluding hydrogens is 383 g/mol. The standard InChI is InChI=1S/C22H20F3NO3/c23-18-4-2-16(3-5-18)22(24,25)17-7-9-26(10-8-17)21(28)14-1-6-20-15(11-14)12-19(27)13-29-20/h1-6,11,17H,7-10,12-13H2. The summed E-state index contributed by atoms with van der Waals surface area (Å²) in [6, 6.07) is 9.25. The summed E-state index contributed by atoms with van der Waals surface area (Å²) in [5.41, 5.74) is 0.888. The smallest absolute Gasteiger partial charge is 0.276 e. The molecule has 4 rings (SSSR count). The van der Waals surface area contributed by atoms with Crippen molar-refractivity contribution in [2.45, 2.75) is 25.2 Å². The molecule has 0 saturated carbocycles. The molecule has 1 saturated heterocycles. The second-order valence-electron chi connectivity index (χ2n) is 7.52. The van der Waals surface area contributed by atoms with Crippen LogP contribution in [0.1, 0.15) is 34.3 Å². The Morgan fingerprint density at radius 1 is 1.07 bits per heavy atom. The first kappa shape index (κ1) is 19.5. The highest BCUT2D eigenvalue weighted by atomic mass is 19.3. The molecule has 0 aliphatic carbocycles. The van der Waals surface area contributed by atoms with E-state index in [4.69, 9.17) is 4.74 Å². The molecule has 1 fully saturated rings. The Kier molecular flexibility index (Phi) is 5.06. The fraction of sp³-hybridized carbons (Fsp3) is 0.364. The van der Waals surface area contributed by atoms with E-state index < -0.39 is 17.7 Å². The lowest BCUT2D eigenvalue weighted by Crippen LogP contribution is -2.42. The van der Waals surface area contributed by atoms with Crippen LogP contribution >= 0.6 is 0 Å². The number of ether oxygens (including phenoxy) is 1. The number of carbonyl (C=O) groups excluding carboxylic acids is 2. The third-order valence-corrected chi connectivity index (χ3v) is 5.61. The lowest BCUT2D eigenvalue weighted by atomic mass is 9.86. The molecule has 0 unspecified atom stereocenters. The Hall–Kier alpha value is -2.83. The van der Waals surface area contributed by atoms with Crippen molar-refractivity contribution >= 4 is 11.7 Å². The van der Waals surface area contributed by atoms with Gasteiger partial charge in [-0.15, -0.1) is 0 Å². The zero-order valence-electron chi connectivity index (χ0n) is 15.7. The third-order valence-electron chi connectivity index (χ3n) is 5.61. The average molecular weight is 403 g/mol. The topological polar surface area (TPSA) is 46.6 Å². The predicted molar refractivity (Wildman–Crippen MR) is 99.6 cm³/mol. The highest BCUT2D eigenvalue weighted by molar-refractivity contribution is 5.95. The summed E-state index contributed by atoms with van der Waals surface area (Å²) in [6.45, 7) is 0.468. The predicted octanol–water partition coefficient (Wildman–Crippen LogP) is 3.97. The van der Waals surface area contributed by atoms with E-state index in [1.165, 1.54) is 0 Å². The van der Waals surface area contributed by atoms with Crippen molar-refractivity contribution < 1.29 is 27.5 Å². The van der Waals surface area contributed by atoms with Gasteiger partial charge in [0.1, 0.15) is 18.2 Å². The van der Waals surface area contributed by atoms with Crippen molar-refractivity contribution in [3.8, 4) is 5.75 Å². The minimum absolute atomic E-state index is 0.0378. The maximum Gasteiger partial charge on any atom is 0.276 e. The van der Waals surface area contributed by atoms with Gasteiger partial charge in [0.25, 0.3) is 11.8 Å². The number of hydrogen-bond acceptors (Lipinski definition) is 3. The summed E-state index contributed by atoms with van der Waals surface area (Å²) in [7, 11) is 0. The third kappa shape index (κ3) is 3.86. The van der Waals surface area contributed by atoms with Gasteiger partial charge < -0.3 is 9.64 Å². The lowest BCUT2D eigenvalue weighted by molar-refractivity contribution is -0.121. The first-order valence-corrected chi connectivity index (χ1v) is 9.55. The quantitative estimate of drug-likeness (QED) is 0.779. The largest absolute Gasteiger partial charge is 0.486 e. The molecule has 0 bridgehead atoms. The zero-order chi connectivity index (χ0) is 20.6. The van der Waals surface area contributed by atoms with Crippen molar-refractivity contribution in [1.29, 1.82) is 0 Å². The number of halogens is 3. The van der Waals surface area contributed by atoms with Gasteiger partial charge in [-0.25, -0.2) is 13.2 Å². The van der Waals surface area contributed by atoms with Gasteiger partial charge in [-0.05, 0) is 43.2 Å². The van der Waals surface area contributed by atoms with Crippen LogP contribution in [0.5, 0.6) is 5.75 Å². The highest BCUT2D eigenvalue weighted by Gasteiger charge is 2.43. The van der Waals surface area contributed by atoms with Gasteiger partial charge in [0.2, 0.25) is 0 Å². The first-order chi connectivity index (χ1) is 13.8. The fourth-order valence-corrected chi connectivity index (χ4v) is 3.95. The van der Waals surface area contributed by atoms with Gasteiger partial charge in [-0.3, -0.25) is 9.59 Å². The van der Waals surface area contributed by atoms with Crippen molar-refractivity contribution in [3.05, 3.63) is 65.0 Å². The molecule has 2 aromatic rings. The molecule has 0 N–H and O–H groups in total. The van der Waals surface area contributed by atoms with Gasteiger partial charge in [0.05, 0.1) is 0 Å². The van der Waals surface area contributed by atoms with Crippen LogP contribution < -0.4 is 4.74 Å². The number of likely N-dealkylation sites (tertiary alicyclic amines) is 1. The van der Waals surface area contributed by atoms with Crippen LogP contribution in [0.4, 0.5) is 13.2 Å². The van der Waals surface area contributed by atoms with E-state index in [1.807, 2.05) is 0 Å². The summed E-state index contributed by atoms with van der Waals surface area (Å²) in [6.07, 6.45) is 0.535. The molecule has 29 heavy (non-hydrogen) atoms. The van der Waals surface area contributed by atoms with E-state index in [0.717, 1.165) is 24.3 Å². The molecule has 2 aromatic carbocycles. The number of Topliss-reactive ketones (excluding diaryl/α,β-unsaturated/α-hetero) is 1. The number of hydrogen-bond donors (Lipinski definition) is 0. The maximum absolute atomic E-state index is 14.8. The molecule has 7 heteroatoms. The molecule has 0 atom stereocenters.